The normalized spacial score (nSPS) is 10.2. The summed E-state index contributed by atoms with van der Waals surface area (Å²) in [4.78, 5) is 11.6. The minimum absolute atomic E-state index is 0.114. The number of hydrogen-bond acceptors (Lipinski definition) is 4. The largest absolute Gasteiger partial charge is 0.508 e. The predicted octanol–water partition coefficient (Wildman–Crippen LogP) is 3.27. The van der Waals surface area contributed by atoms with Gasteiger partial charge in [0.15, 0.2) is 6.61 Å². The first kappa shape index (κ1) is 17.2. The van der Waals surface area contributed by atoms with Crippen molar-refractivity contribution in [2.24, 2.45) is 0 Å². The van der Waals surface area contributed by atoms with E-state index in [2.05, 4.69) is 5.32 Å². The van der Waals surface area contributed by atoms with Gasteiger partial charge in [0.05, 0.1) is 16.6 Å². The summed E-state index contributed by atoms with van der Waals surface area (Å²) >= 11 is 11.7. The number of nitrogens with one attached hydrogen (secondary N) is 1. The van der Waals surface area contributed by atoms with Crippen molar-refractivity contribution in [1.29, 1.82) is 0 Å². The van der Waals surface area contributed by atoms with Crippen molar-refractivity contribution in [3.8, 4) is 17.2 Å². The van der Waals surface area contributed by atoms with Crippen molar-refractivity contribution >= 4 is 29.1 Å². The number of carbonyl (C=O) groups is 1. The molecule has 0 saturated heterocycles. The molecule has 0 bridgehead atoms. The SMILES string of the molecule is O=C(COc1ccc(O)cc1)NCCOc1ccc(Cl)c(Cl)c1. The van der Waals surface area contributed by atoms with E-state index in [1.54, 1.807) is 30.3 Å². The number of ether oxygens (including phenoxy) is 2. The van der Waals surface area contributed by atoms with Gasteiger partial charge in [-0.2, -0.15) is 0 Å². The molecule has 0 aliphatic carbocycles. The van der Waals surface area contributed by atoms with E-state index in [9.17, 15) is 4.79 Å². The van der Waals surface area contributed by atoms with E-state index in [1.807, 2.05) is 0 Å². The number of rotatable bonds is 7. The number of benzene rings is 2. The summed E-state index contributed by atoms with van der Waals surface area (Å²) < 4.78 is 10.7. The van der Waals surface area contributed by atoms with Crippen LogP contribution in [0.25, 0.3) is 0 Å². The zero-order valence-electron chi connectivity index (χ0n) is 12.1. The van der Waals surface area contributed by atoms with Gasteiger partial charge in [0.2, 0.25) is 0 Å². The molecule has 2 aromatic carbocycles. The monoisotopic (exact) mass is 355 g/mol. The first-order valence-electron chi connectivity index (χ1n) is 6.81. The van der Waals surface area contributed by atoms with Crippen LogP contribution in [0.5, 0.6) is 17.2 Å². The summed E-state index contributed by atoms with van der Waals surface area (Å²) in [7, 11) is 0. The Labute approximate surface area is 143 Å². The summed E-state index contributed by atoms with van der Waals surface area (Å²) in [6.07, 6.45) is 0. The lowest BCUT2D eigenvalue weighted by Crippen LogP contribution is -2.32. The lowest BCUT2D eigenvalue weighted by Gasteiger charge is -2.09. The molecule has 0 aromatic heterocycles. The lowest BCUT2D eigenvalue weighted by molar-refractivity contribution is -0.123. The molecule has 0 radical (unpaired) electrons. The number of aromatic hydroxyl groups is 1. The van der Waals surface area contributed by atoms with Gasteiger partial charge in [-0.15, -0.1) is 0 Å². The van der Waals surface area contributed by atoms with Crippen LogP contribution >= 0.6 is 23.2 Å². The van der Waals surface area contributed by atoms with Crippen LogP contribution in [-0.4, -0.2) is 30.8 Å². The molecule has 2 aromatic rings. The Bertz CT molecular complexity index is 662. The molecule has 0 aliphatic heterocycles. The van der Waals surface area contributed by atoms with Crippen LogP contribution < -0.4 is 14.8 Å². The van der Waals surface area contributed by atoms with Crippen molar-refractivity contribution in [2.45, 2.75) is 0 Å². The minimum Gasteiger partial charge on any atom is -0.508 e. The Balaban J connectivity index is 1.64. The zero-order chi connectivity index (χ0) is 16.7. The third-order valence-electron chi connectivity index (χ3n) is 2.79. The van der Waals surface area contributed by atoms with Crippen LogP contribution in [0.4, 0.5) is 0 Å². The third-order valence-corrected chi connectivity index (χ3v) is 3.53. The highest BCUT2D eigenvalue weighted by Crippen LogP contribution is 2.26. The molecule has 0 spiro atoms. The van der Waals surface area contributed by atoms with E-state index in [4.69, 9.17) is 37.8 Å². The lowest BCUT2D eigenvalue weighted by atomic mass is 10.3. The molecule has 2 rings (SSSR count). The summed E-state index contributed by atoms with van der Waals surface area (Å²) in [6, 6.07) is 11.1. The first-order chi connectivity index (χ1) is 11.0. The van der Waals surface area contributed by atoms with E-state index in [0.717, 1.165) is 0 Å². The molecule has 0 fully saturated rings. The third kappa shape index (κ3) is 5.88. The molecule has 1 amide bonds. The summed E-state index contributed by atoms with van der Waals surface area (Å²) in [5.74, 6) is 0.955. The van der Waals surface area contributed by atoms with E-state index < -0.39 is 0 Å². The first-order valence-corrected chi connectivity index (χ1v) is 7.56. The second-order valence-electron chi connectivity index (χ2n) is 4.56. The molecule has 23 heavy (non-hydrogen) atoms. The summed E-state index contributed by atoms with van der Waals surface area (Å²) in [6.45, 7) is 0.512. The van der Waals surface area contributed by atoms with Gasteiger partial charge in [-0.05, 0) is 36.4 Å². The Morgan fingerprint density at radius 1 is 1.00 bits per heavy atom. The average molecular weight is 356 g/mol. The number of carbonyl (C=O) groups excluding carboxylic acids is 1. The number of phenolic OH excluding ortho intramolecular Hbond substituents is 1. The maximum absolute atomic E-state index is 11.6. The second kappa shape index (κ2) is 8.50. The van der Waals surface area contributed by atoms with E-state index in [0.29, 0.717) is 34.7 Å². The highest BCUT2D eigenvalue weighted by Gasteiger charge is 2.04. The predicted molar refractivity (Wildman–Crippen MR) is 88.6 cm³/mol. The fraction of sp³-hybridized carbons (Fsp3) is 0.188. The van der Waals surface area contributed by atoms with Crippen molar-refractivity contribution < 1.29 is 19.4 Å². The van der Waals surface area contributed by atoms with Gasteiger partial charge in [0.25, 0.3) is 5.91 Å². The molecule has 5 nitrogen and oxygen atoms in total. The Morgan fingerprint density at radius 3 is 2.39 bits per heavy atom. The Kier molecular flexibility index (Phi) is 6.38. The van der Waals surface area contributed by atoms with Crippen LogP contribution in [0.15, 0.2) is 42.5 Å². The quantitative estimate of drug-likeness (QED) is 0.748. The molecule has 0 atom stereocenters. The molecule has 2 N–H and O–H groups in total. The van der Waals surface area contributed by atoms with Gasteiger partial charge < -0.3 is 19.9 Å². The van der Waals surface area contributed by atoms with Crippen LogP contribution in [-0.2, 0) is 4.79 Å². The summed E-state index contributed by atoms with van der Waals surface area (Å²) in [5, 5.41) is 12.7. The number of amides is 1. The van der Waals surface area contributed by atoms with Crippen molar-refractivity contribution in [1.82, 2.24) is 5.32 Å². The number of hydrogen-bond donors (Lipinski definition) is 2. The van der Waals surface area contributed by atoms with Gasteiger partial charge in [-0.1, -0.05) is 23.2 Å². The van der Waals surface area contributed by atoms with Crippen molar-refractivity contribution in [3.05, 3.63) is 52.5 Å². The van der Waals surface area contributed by atoms with Gasteiger partial charge in [-0.25, -0.2) is 0 Å². The van der Waals surface area contributed by atoms with Crippen LogP contribution in [0.3, 0.4) is 0 Å². The molecule has 0 heterocycles. The molecule has 122 valence electrons. The second-order valence-corrected chi connectivity index (χ2v) is 5.37. The summed E-state index contributed by atoms with van der Waals surface area (Å²) in [5.41, 5.74) is 0. The minimum atomic E-state index is -0.268. The van der Waals surface area contributed by atoms with Crippen molar-refractivity contribution in [3.63, 3.8) is 0 Å². The van der Waals surface area contributed by atoms with E-state index >= 15 is 0 Å². The maximum Gasteiger partial charge on any atom is 0.258 e. The van der Waals surface area contributed by atoms with Crippen LogP contribution in [0.2, 0.25) is 10.0 Å². The Morgan fingerprint density at radius 2 is 1.70 bits per heavy atom. The highest BCUT2D eigenvalue weighted by molar-refractivity contribution is 6.42. The zero-order valence-corrected chi connectivity index (χ0v) is 13.6. The average Bonchev–Trinajstić information content (AvgIpc) is 2.54. The van der Waals surface area contributed by atoms with Crippen LogP contribution in [0.1, 0.15) is 0 Å². The fourth-order valence-corrected chi connectivity index (χ4v) is 1.96. The molecule has 7 heteroatoms. The topological polar surface area (TPSA) is 67.8 Å². The standard InChI is InChI=1S/C16H15Cl2NO4/c17-14-6-5-13(9-15(14)18)22-8-7-19-16(21)10-23-12-3-1-11(20)2-4-12/h1-6,9,20H,7-8,10H2,(H,19,21). The van der Waals surface area contributed by atoms with Crippen LogP contribution in [0, 0.1) is 0 Å². The maximum atomic E-state index is 11.6. The molecular weight excluding hydrogens is 341 g/mol. The molecule has 0 aliphatic rings. The van der Waals surface area contributed by atoms with E-state index in [-0.39, 0.29) is 18.3 Å². The number of phenols is 1. The molecular formula is C16H15Cl2NO4. The van der Waals surface area contributed by atoms with Gasteiger partial charge in [0.1, 0.15) is 23.9 Å². The van der Waals surface area contributed by atoms with Crippen molar-refractivity contribution in [2.75, 3.05) is 19.8 Å². The molecule has 0 unspecified atom stereocenters. The smallest absolute Gasteiger partial charge is 0.258 e. The molecule has 0 saturated carbocycles. The van der Waals surface area contributed by atoms with Gasteiger partial charge in [0, 0.05) is 6.07 Å². The number of halogens is 2. The van der Waals surface area contributed by atoms with Gasteiger partial charge in [-0.3, -0.25) is 4.79 Å². The fourth-order valence-electron chi connectivity index (χ4n) is 1.67. The van der Waals surface area contributed by atoms with E-state index in [1.165, 1.54) is 12.1 Å². The van der Waals surface area contributed by atoms with Gasteiger partial charge >= 0.3 is 0 Å². The highest BCUT2D eigenvalue weighted by atomic mass is 35.5. The Hall–Kier alpha value is -2.11.